The first-order chi connectivity index (χ1) is 15.1. The van der Waals surface area contributed by atoms with Gasteiger partial charge in [0.15, 0.2) is 0 Å². The van der Waals surface area contributed by atoms with E-state index < -0.39 is 20.9 Å². The summed E-state index contributed by atoms with van der Waals surface area (Å²) in [6, 6.07) is 11.4. The maximum Gasteiger partial charge on any atom is 0.296 e. The molecule has 2 aromatic rings. The van der Waals surface area contributed by atoms with E-state index in [4.69, 9.17) is 4.74 Å². The van der Waals surface area contributed by atoms with E-state index >= 15 is 0 Å². The lowest BCUT2D eigenvalue weighted by molar-refractivity contribution is 0.102. The summed E-state index contributed by atoms with van der Waals surface area (Å²) in [5, 5.41) is 2.57. The van der Waals surface area contributed by atoms with Crippen LogP contribution in [0.5, 0.6) is 5.75 Å². The van der Waals surface area contributed by atoms with Crippen molar-refractivity contribution in [1.82, 2.24) is 0 Å². The number of methoxy groups -OCH3 is 1. The fraction of sp³-hybridized carbons (Fsp3) is 0.500. The van der Waals surface area contributed by atoms with E-state index in [1.165, 1.54) is 19.2 Å². The quantitative estimate of drug-likeness (QED) is 0.447. The second-order valence-electron chi connectivity index (χ2n) is 10.1. The predicted octanol–water partition coefficient (Wildman–Crippen LogP) is 6.79. The Hall–Kier alpha value is -2.38. The molecule has 1 amide bonds. The number of nitrogens with one attached hydrogen (secondary N) is 1. The Morgan fingerprint density at radius 1 is 1.00 bits per heavy atom. The van der Waals surface area contributed by atoms with E-state index in [2.05, 4.69) is 46.9 Å². The van der Waals surface area contributed by atoms with Gasteiger partial charge in [0.25, 0.3) is 16.0 Å². The zero-order chi connectivity index (χ0) is 25.6. The van der Waals surface area contributed by atoms with Crippen LogP contribution in [0.25, 0.3) is 0 Å². The van der Waals surface area contributed by atoms with Crippen molar-refractivity contribution in [1.29, 1.82) is 0 Å². The first-order valence-electron chi connectivity index (χ1n) is 11.2. The zero-order valence-electron chi connectivity index (χ0n) is 21.3. The Balaban J connectivity index is 0.00000265. The van der Waals surface area contributed by atoms with Crippen molar-refractivity contribution in [3.63, 3.8) is 0 Å². The van der Waals surface area contributed by atoms with Gasteiger partial charge in [-0.25, -0.2) is 0 Å². The summed E-state index contributed by atoms with van der Waals surface area (Å²) in [5.41, 5.74) is 1.75. The number of amides is 1. The fourth-order valence-electron chi connectivity index (χ4n) is 3.54. The van der Waals surface area contributed by atoms with Crippen molar-refractivity contribution >= 4 is 21.7 Å². The first kappa shape index (κ1) is 28.7. The van der Waals surface area contributed by atoms with Gasteiger partial charge in [0.2, 0.25) is 0 Å². The number of hydrogen-bond acceptors (Lipinski definition) is 4. The van der Waals surface area contributed by atoms with Crippen LogP contribution >= 0.6 is 0 Å². The van der Waals surface area contributed by atoms with Gasteiger partial charge in [0.05, 0.1) is 12.8 Å². The third-order valence-electron chi connectivity index (χ3n) is 5.15. The Bertz CT molecular complexity index is 1030. The van der Waals surface area contributed by atoms with Crippen LogP contribution in [0.1, 0.15) is 83.7 Å². The topological polar surface area (TPSA) is 92.7 Å². The highest BCUT2D eigenvalue weighted by atomic mass is 32.2. The Labute approximate surface area is 199 Å². The second-order valence-corrected chi connectivity index (χ2v) is 11.5. The molecule has 2 aromatic carbocycles. The van der Waals surface area contributed by atoms with E-state index in [-0.39, 0.29) is 22.3 Å². The highest BCUT2D eigenvalue weighted by Gasteiger charge is 2.30. The molecule has 0 fully saturated rings. The summed E-state index contributed by atoms with van der Waals surface area (Å²) in [5.74, 6) is 0.101. The van der Waals surface area contributed by atoms with Crippen molar-refractivity contribution in [2.45, 2.75) is 72.6 Å². The molecule has 0 radical (unpaired) electrons. The maximum atomic E-state index is 12.7. The van der Waals surface area contributed by atoms with Crippen molar-refractivity contribution in [3.8, 4) is 5.75 Å². The molecule has 2 N–H and O–H groups in total. The smallest absolute Gasteiger partial charge is 0.296 e. The van der Waals surface area contributed by atoms with Gasteiger partial charge in [0.1, 0.15) is 10.6 Å². The summed E-state index contributed by atoms with van der Waals surface area (Å²) < 4.78 is 37.9. The van der Waals surface area contributed by atoms with Crippen molar-refractivity contribution in [3.05, 3.63) is 53.6 Å². The molecule has 0 saturated heterocycles. The molecule has 6 nitrogen and oxygen atoms in total. The molecule has 0 heterocycles. The third-order valence-corrected chi connectivity index (χ3v) is 6.05. The average Bonchev–Trinajstić information content (AvgIpc) is 2.71. The minimum Gasteiger partial charge on any atom is -0.497 e. The third kappa shape index (κ3) is 8.48. The molecular weight excluding hydrogens is 438 g/mol. The van der Waals surface area contributed by atoms with Crippen LogP contribution in [0.3, 0.4) is 0 Å². The number of benzene rings is 2. The SMILES string of the molecule is CC.COc1ccc(NC(=O)c2ccc(C(CC(C)(C)C)C(C)(C)C)cc2)c(S(=O)(=O)O)c1. The molecule has 33 heavy (non-hydrogen) atoms. The lowest BCUT2D eigenvalue weighted by Gasteiger charge is -2.36. The van der Waals surface area contributed by atoms with Crippen LogP contribution in [0, 0.1) is 10.8 Å². The Kier molecular flexibility index (Phi) is 9.69. The largest absolute Gasteiger partial charge is 0.497 e. The van der Waals surface area contributed by atoms with Crippen LogP contribution in [0.4, 0.5) is 5.69 Å². The maximum absolute atomic E-state index is 12.7. The number of carbonyl (C=O) groups excluding carboxylic acids is 1. The molecule has 1 atom stereocenters. The summed E-state index contributed by atoms with van der Waals surface area (Å²) in [6.07, 6.45) is 1.01. The highest BCUT2D eigenvalue weighted by Crippen LogP contribution is 2.43. The molecule has 0 aliphatic carbocycles. The van der Waals surface area contributed by atoms with Gasteiger partial charge in [-0.2, -0.15) is 8.42 Å². The average molecular weight is 478 g/mol. The van der Waals surface area contributed by atoms with Crippen LogP contribution in [0.15, 0.2) is 47.4 Å². The molecule has 2 rings (SSSR count). The molecule has 1 unspecified atom stereocenters. The van der Waals surface area contributed by atoms with Gasteiger partial charge in [-0.1, -0.05) is 67.5 Å². The summed E-state index contributed by atoms with van der Waals surface area (Å²) >= 11 is 0. The minimum atomic E-state index is -4.54. The minimum absolute atomic E-state index is 0.0160. The van der Waals surface area contributed by atoms with Crippen molar-refractivity contribution in [2.24, 2.45) is 10.8 Å². The van der Waals surface area contributed by atoms with Gasteiger partial charge in [-0.3, -0.25) is 9.35 Å². The number of ether oxygens (including phenoxy) is 1. The standard InChI is InChI=1S/C24H33NO5S.C2H6/c1-23(2,3)15-19(24(4,5)6)16-8-10-17(11-9-16)22(26)25-20-13-12-18(30-7)14-21(20)31(27,28)29;1-2/h8-14,19H,15H2,1-7H3,(H,25,26)(H,27,28,29);1-2H3. The number of hydrogen-bond donors (Lipinski definition) is 2. The first-order valence-corrected chi connectivity index (χ1v) is 12.6. The van der Waals surface area contributed by atoms with Gasteiger partial charge < -0.3 is 10.1 Å². The summed E-state index contributed by atoms with van der Waals surface area (Å²) in [4.78, 5) is 12.3. The lowest BCUT2D eigenvalue weighted by atomic mass is 9.69. The monoisotopic (exact) mass is 477 g/mol. The normalized spacial score (nSPS) is 12.9. The van der Waals surface area contributed by atoms with E-state index in [1.807, 2.05) is 26.0 Å². The summed E-state index contributed by atoms with van der Waals surface area (Å²) in [7, 11) is -3.16. The van der Waals surface area contributed by atoms with E-state index in [1.54, 1.807) is 12.1 Å². The van der Waals surface area contributed by atoms with Gasteiger partial charge in [-0.05, 0) is 53.0 Å². The van der Waals surface area contributed by atoms with Crippen LogP contribution in [-0.2, 0) is 10.1 Å². The molecule has 0 bridgehead atoms. The fourth-order valence-corrected chi connectivity index (χ4v) is 4.21. The molecule has 0 spiro atoms. The zero-order valence-corrected chi connectivity index (χ0v) is 22.1. The van der Waals surface area contributed by atoms with Crippen molar-refractivity contribution < 1.29 is 22.5 Å². The highest BCUT2D eigenvalue weighted by molar-refractivity contribution is 7.86. The van der Waals surface area contributed by atoms with Gasteiger partial charge in [-0.15, -0.1) is 0 Å². The molecule has 184 valence electrons. The van der Waals surface area contributed by atoms with Crippen molar-refractivity contribution in [2.75, 3.05) is 12.4 Å². The molecule has 0 saturated carbocycles. The molecule has 7 heteroatoms. The molecule has 0 aliphatic rings. The van der Waals surface area contributed by atoms with Crippen LogP contribution in [0.2, 0.25) is 0 Å². The molecule has 0 aliphatic heterocycles. The number of rotatable bonds is 6. The second kappa shape index (κ2) is 11.2. The van der Waals surface area contributed by atoms with Crippen LogP contribution in [-0.4, -0.2) is 26.0 Å². The van der Waals surface area contributed by atoms with Crippen LogP contribution < -0.4 is 10.1 Å². The predicted molar refractivity (Wildman–Crippen MR) is 135 cm³/mol. The number of carbonyl (C=O) groups is 1. The summed E-state index contributed by atoms with van der Waals surface area (Å²) in [6.45, 7) is 17.3. The number of anilines is 1. The van der Waals surface area contributed by atoms with E-state index in [9.17, 15) is 17.8 Å². The van der Waals surface area contributed by atoms with Gasteiger partial charge in [0, 0.05) is 11.6 Å². The van der Waals surface area contributed by atoms with E-state index in [0.29, 0.717) is 11.5 Å². The lowest BCUT2D eigenvalue weighted by Crippen LogP contribution is -2.24. The Morgan fingerprint density at radius 3 is 1.97 bits per heavy atom. The molecular formula is C26H39NO5S. The van der Waals surface area contributed by atoms with E-state index in [0.717, 1.165) is 18.1 Å². The Morgan fingerprint density at radius 2 is 1.55 bits per heavy atom. The molecule has 0 aromatic heterocycles. The van der Waals surface area contributed by atoms with Gasteiger partial charge >= 0.3 is 0 Å².